The number of hydrogen-bond acceptors (Lipinski definition) is 3. The van der Waals surface area contributed by atoms with Crippen LogP contribution in [0.4, 0.5) is 5.69 Å². The van der Waals surface area contributed by atoms with Crippen LogP contribution in [0.2, 0.25) is 5.02 Å². The van der Waals surface area contributed by atoms with E-state index in [0.717, 1.165) is 36.8 Å². The van der Waals surface area contributed by atoms with Crippen LogP contribution in [0, 0.1) is 0 Å². The molecule has 3 nitrogen and oxygen atoms in total. The maximum absolute atomic E-state index is 6.16. The summed E-state index contributed by atoms with van der Waals surface area (Å²) in [5.41, 5.74) is 7.44. The first-order valence-electron chi connectivity index (χ1n) is 7.66. The van der Waals surface area contributed by atoms with Gasteiger partial charge in [-0.3, -0.25) is 0 Å². The second-order valence-corrected chi connectivity index (χ2v) is 6.53. The lowest BCUT2D eigenvalue weighted by atomic mass is 10.0. The predicted octanol–water partition coefficient (Wildman–Crippen LogP) is 3.65. The zero-order valence-corrected chi connectivity index (χ0v) is 14.1. The minimum atomic E-state index is 0.341. The Morgan fingerprint density at radius 2 is 2.29 bits per heavy atom. The minimum Gasteiger partial charge on any atom is -0.389 e. The van der Waals surface area contributed by atoms with Crippen molar-refractivity contribution in [3.8, 4) is 0 Å². The Morgan fingerprint density at radius 1 is 1.48 bits per heavy atom. The number of halogens is 1. The second-order valence-electron chi connectivity index (χ2n) is 5.69. The molecule has 0 bridgehead atoms. The van der Waals surface area contributed by atoms with E-state index in [0.29, 0.717) is 10.0 Å². The lowest BCUT2D eigenvalue weighted by molar-refractivity contribution is 0.160. The Kier molecular flexibility index (Phi) is 6.27. The molecule has 1 unspecified atom stereocenters. The van der Waals surface area contributed by atoms with Crippen LogP contribution in [-0.4, -0.2) is 35.6 Å². The third-order valence-electron chi connectivity index (χ3n) is 4.14. The third kappa shape index (κ3) is 4.56. The fraction of sp³-hybridized carbons (Fsp3) is 0.562. The Balaban J connectivity index is 1.84. The number of rotatable bonds is 6. The standard InChI is InChI=1S/C16H24ClN3S/c1-12-6-2-3-10-20(12)11-5-9-19-14-8-4-7-13(17)15(14)16(18)21/h4,7-8,12,19H,2-3,5-6,9-11H2,1H3,(H2,18,21). The van der Waals surface area contributed by atoms with Gasteiger partial charge < -0.3 is 16.0 Å². The van der Waals surface area contributed by atoms with Crippen LogP contribution in [0.25, 0.3) is 0 Å². The number of benzene rings is 1. The summed E-state index contributed by atoms with van der Waals surface area (Å²) in [4.78, 5) is 2.92. The highest BCUT2D eigenvalue weighted by Crippen LogP contribution is 2.24. The molecule has 2 rings (SSSR count). The highest BCUT2D eigenvalue weighted by atomic mass is 35.5. The summed E-state index contributed by atoms with van der Waals surface area (Å²) in [5, 5.41) is 4.02. The first kappa shape index (κ1) is 16.5. The van der Waals surface area contributed by atoms with Crippen molar-refractivity contribution in [2.75, 3.05) is 25.0 Å². The van der Waals surface area contributed by atoms with Crippen molar-refractivity contribution >= 4 is 34.5 Å². The van der Waals surface area contributed by atoms with Crippen molar-refractivity contribution < 1.29 is 0 Å². The number of anilines is 1. The van der Waals surface area contributed by atoms with Crippen LogP contribution < -0.4 is 11.1 Å². The van der Waals surface area contributed by atoms with E-state index in [1.807, 2.05) is 18.2 Å². The normalized spacial score (nSPS) is 19.4. The van der Waals surface area contributed by atoms with Crippen LogP contribution >= 0.6 is 23.8 Å². The average Bonchev–Trinajstić information content (AvgIpc) is 2.45. The number of piperidine rings is 1. The summed E-state index contributed by atoms with van der Waals surface area (Å²) in [6, 6.07) is 6.43. The molecule has 1 fully saturated rings. The van der Waals surface area contributed by atoms with Gasteiger partial charge in [-0.2, -0.15) is 0 Å². The summed E-state index contributed by atoms with van der Waals surface area (Å²) < 4.78 is 0. The highest BCUT2D eigenvalue weighted by Gasteiger charge is 2.17. The third-order valence-corrected chi connectivity index (χ3v) is 4.66. The molecule has 1 atom stereocenters. The van der Waals surface area contributed by atoms with Gasteiger partial charge in [0.05, 0.1) is 10.6 Å². The van der Waals surface area contributed by atoms with E-state index in [4.69, 9.17) is 29.6 Å². The Morgan fingerprint density at radius 3 is 3.00 bits per heavy atom. The highest BCUT2D eigenvalue weighted by molar-refractivity contribution is 7.80. The average molecular weight is 326 g/mol. The lowest BCUT2D eigenvalue weighted by Gasteiger charge is -2.33. The summed E-state index contributed by atoms with van der Waals surface area (Å²) in [6.45, 7) is 5.60. The lowest BCUT2D eigenvalue weighted by Crippen LogP contribution is -2.38. The number of hydrogen-bond donors (Lipinski definition) is 2. The van der Waals surface area contributed by atoms with Gasteiger partial charge in [-0.05, 0) is 44.9 Å². The van der Waals surface area contributed by atoms with Gasteiger partial charge in [0.15, 0.2) is 0 Å². The fourth-order valence-electron chi connectivity index (χ4n) is 2.92. The number of nitrogens with zero attached hydrogens (tertiary/aromatic N) is 1. The molecular formula is C16H24ClN3S. The van der Waals surface area contributed by atoms with Crippen molar-refractivity contribution in [2.45, 2.75) is 38.6 Å². The van der Waals surface area contributed by atoms with E-state index >= 15 is 0 Å². The summed E-state index contributed by atoms with van der Waals surface area (Å²) in [5.74, 6) is 0. The van der Waals surface area contributed by atoms with Gasteiger partial charge in [0.1, 0.15) is 4.99 Å². The molecule has 0 aliphatic carbocycles. The zero-order chi connectivity index (χ0) is 15.2. The smallest absolute Gasteiger partial charge is 0.107 e. The van der Waals surface area contributed by atoms with Gasteiger partial charge in [0, 0.05) is 24.8 Å². The molecule has 1 aliphatic rings. The maximum atomic E-state index is 6.16. The van der Waals surface area contributed by atoms with Crippen molar-refractivity contribution in [1.29, 1.82) is 0 Å². The minimum absolute atomic E-state index is 0.341. The molecule has 3 N–H and O–H groups in total. The summed E-state index contributed by atoms with van der Waals surface area (Å²) >= 11 is 11.2. The Labute approximate surface area is 137 Å². The molecule has 1 aromatic carbocycles. The molecule has 5 heteroatoms. The van der Waals surface area contributed by atoms with Crippen LogP contribution in [0.1, 0.15) is 38.2 Å². The van der Waals surface area contributed by atoms with E-state index in [2.05, 4.69) is 17.1 Å². The van der Waals surface area contributed by atoms with Crippen molar-refractivity contribution in [2.24, 2.45) is 5.73 Å². The molecule has 1 heterocycles. The molecule has 116 valence electrons. The second kappa shape index (κ2) is 7.97. The molecule has 0 amide bonds. The van der Waals surface area contributed by atoms with E-state index in [9.17, 15) is 0 Å². The molecular weight excluding hydrogens is 302 g/mol. The molecule has 1 aromatic rings. The van der Waals surface area contributed by atoms with Gasteiger partial charge in [-0.25, -0.2) is 0 Å². The monoisotopic (exact) mass is 325 g/mol. The number of nitrogens with two attached hydrogens (primary N) is 1. The fourth-order valence-corrected chi connectivity index (χ4v) is 3.47. The summed E-state index contributed by atoms with van der Waals surface area (Å²) in [6.07, 6.45) is 5.13. The van der Waals surface area contributed by atoms with Crippen LogP contribution in [0.3, 0.4) is 0 Å². The Bertz CT molecular complexity index is 492. The van der Waals surface area contributed by atoms with Crippen LogP contribution in [0.5, 0.6) is 0 Å². The Hall–Kier alpha value is -0.840. The van der Waals surface area contributed by atoms with Gasteiger partial charge >= 0.3 is 0 Å². The van der Waals surface area contributed by atoms with Gasteiger partial charge in [0.25, 0.3) is 0 Å². The molecule has 1 saturated heterocycles. The van der Waals surface area contributed by atoms with Crippen molar-refractivity contribution in [3.05, 3.63) is 28.8 Å². The largest absolute Gasteiger partial charge is 0.389 e. The number of nitrogens with one attached hydrogen (secondary N) is 1. The number of likely N-dealkylation sites (tertiary alicyclic amines) is 1. The van der Waals surface area contributed by atoms with Crippen LogP contribution in [-0.2, 0) is 0 Å². The van der Waals surface area contributed by atoms with E-state index in [-0.39, 0.29) is 0 Å². The quantitative estimate of drug-likeness (QED) is 0.619. The first-order valence-corrected chi connectivity index (χ1v) is 8.44. The predicted molar refractivity (Wildman–Crippen MR) is 95.3 cm³/mol. The molecule has 0 radical (unpaired) electrons. The van der Waals surface area contributed by atoms with E-state index in [1.165, 1.54) is 25.8 Å². The summed E-state index contributed by atoms with van der Waals surface area (Å²) in [7, 11) is 0. The topological polar surface area (TPSA) is 41.3 Å². The molecule has 0 saturated carbocycles. The van der Waals surface area contributed by atoms with Gasteiger partial charge in [-0.15, -0.1) is 0 Å². The number of thiocarbonyl (C=S) groups is 1. The first-order chi connectivity index (χ1) is 10.1. The van der Waals surface area contributed by atoms with Crippen molar-refractivity contribution in [3.63, 3.8) is 0 Å². The molecule has 0 spiro atoms. The van der Waals surface area contributed by atoms with Gasteiger partial charge in [0.2, 0.25) is 0 Å². The van der Waals surface area contributed by atoms with E-state index < -0.39 is 0 Å². The van der Waals surface area contributed by atoms with E-state index in [1.54, 1.807) is 0 Å². The SMILES string of the molecule is CC1CCCCN1CCCNc1cccc(Cl)c1C(N)=S. The molecule has 1 aliphatic heterocycles. The molecule has 0 aromatic heterocycles. The van der Waals surface area contributed by atoms with Crippen molar-refractivity contribution in [1.82, 2.24) is 4.90 Å². The van der Waals surface area contributed by atoms with Gasteiger partial charge in [-0.1, -0.05) is 36.3 Å². The molecule has 21 heavy (non-hydrogen) atoms. The van der Waals surface area contributed by atoms with Crippen LogP contribution in [0.15, 0.2) is 18.2 Å². The maximum Gasteiger partial charge on any atom is 0.107 e. The zero-order valence-electron chi connectivity index (χ0n) is 12.6.